The first kappa shape index (κ1) is 22.3. The van der Waals surface area contributed by atoms with Crippen LogP contribution < -0.4 is 14.2 Å². The summed E-state index contributed by atoms with van der Waals surface area (Å²) < 4.78 is 16.5. The third-order valence-corrected chi connectivity index (χ3v) is 5.49. The van der Waals surface area contributed by atoms with E-state index in [0.717, 1.165) is 28.6 Å². The van der Waals surface area contributed by atoms with Gasteiger partial charge >= 0.3 is 0 Å². The lowest BCUT2D eigenvalue weighted by Crippen LogP contribution is -2.32. The monoisotopic (exact) mass is 437 g/mol. The van der Waals surface area contributed by atoms with Gasteiger partial charge in [0, 0.05) is 0 Å². The van der Waals surface area contributed by atoms with E-state index in [1.54, 1.807) is 24.3 Å². The van der Waals surface area contributed by atoms with Gasteiger partial charge in [-0.25, -0.2) is 0 Å². The van der Waals surface area contributed by atoms with Crippen LogP contribution in [0, 0.1) is 26.2 Å². The molecular weight excluding hydrogens is 414 g/mol. The zero-order valence-electron chi connectivity index (χ0n) is 17.6. The summed E-state index contributed by atoms with van der Waals surface area (Å²) in [6, 6.07) is 11.1. The van der Waals surface area contributed by atoms with Crippen molar-refractivity contribution in [1.82, 2.24) is 4.90 Å². The van der Waals surface area contributed by atoms with E-state index in [4.69, 9.17) is 20.6 Å². The van der Waals surface area contributed by atoms with Crippen LogP contribution in [-0.4, -0.2) is 42.9 Å². The number of rotatable bonds is 8. The molecule has 31 heavy (non-hydrogen) atoms. The Hall–Kier alpha value is -3.37. The molecule has 0 radical (unpaired) electrons. The lowest BCUT2D eigenvalue weighted by molar-refractivity contribution is -0.123. The molecule has 2 amide bonds. The Morgan fingerprint density at radius 1 is 1.06 bits per heavy atom. The van der Waals surface area contributed by atoms with Crippen LogP contribution in [0.4, 0.5) is 4.79 Å². The molecule has 2 aromatic carbocycles. The maximum Gasteiger partial charge on any atom is 0.293 e. The Morgan fingerprint density at radius 3 is 2.61 bits per heavy atom. The van der Waals surface area contributed by atoms with Crippen LogP contribution in [0.25, 0.3) is 6.08 Å². The van der Waals surface area contributed by atoms with Crippen LogP contribution in [0.2, 0.25) is 0 Å². The van der Waals surface area contributed by atoms with Crippen LogP contribution >= 0.6 is 11.8 Å². The smallest absolute Gasteiger partial charge is 0.293 e. The summed E-state index contributed by atoms with van der Waals surface area (Å²) in [5.41, 5.74) is 2.80. The summed E-state index contributed by atoms with van der Waals surface area (Å²) in [7, 11) is 1.52. The van der Waals surface area contributed by atoms with Crippen molar-refractivity contribution in [2.45, 2.75) is 13.8 Å². The Labute approximate surface area is 186 Å². The van der Waals surface area contributed by atoms with Crippen molar-refractivity contribution in [3.63, 3.8) is 0 Å². The molecular formula is C24H23NO5S. The maximum absolute atomic E-state index is 12.7. The number of benzene rings is 2. The molecule has 0 unspecified atom stereocenters. The lowest BCUT2D eigenvalue weighted by atomic mass is 10.1. The average Bonchev–Trinajstić information content (AvgIpc) is 3.02. The standard InChI is InChI=1S/C24H23NO5S/c1-5-11-29-19-9-8-18(14-21(19)28-4)15-22-23(26)25(24(27)31-22)10-12-30-20-13-16(2)6-7-17(20)3/h1,6-9,13-15H,10-12H2,2-4H3/b22-15-. The van der Waals surface area contributed by atoms with Crippen LogP contribution in [0.3, 0.4) is 0 Å². The number of terminal acetylenes is 1. The third kappa shape index (κ3) is 5.41. The number of amides is 2. The highest BCUT2D eigenvalue weighted by atomic mass is 32.2. The maximum atomic E-state index is 12.7. The van der Waals surface area contributed by atoms with Gasteiger partial charge < -0.3 is 14.2 Å². The molecule has 1 aliphatic rings. The highest BCUT2D eigenvalue weighted by Crippen LogP contribution is 2.34. The number of hydrogen-bond donors (Lipinski definition) is 0. The van der Waals surface area contributed by atoms with Crippen molar-refractivity contribution in [2.75, 3.05) is 26.9 Å². The lowest BCUT2D eigenvalue weighted by Gasteiger charge is -2.14. The minimum atomic E-state index is -0.341. The fourth-order valence-electron chi connectivity index (χ4n) is 2.97. The molecule has 1 saturated heterocycles. The van der Waals surface area contributed by atoms with Gasteiger partial charge in [0.15, 0.2) is 11.5 Å². The summed E-state index contributed by atoms with van der Waals surface area (Å²) in [6.07, 6.45) is 6.88. The van der Waals surface area contributed by atoms with Crippen molar-refractivity contribution in [1.29, 1.82) is 0 Å². The first-order chi connectivity index (χ1) is 14.9. The molecule has 0 aromatic heterocycles. The molecule has 0 spiro atoms. The SMILES string of the molecule is C#CCOc1ccc(/C=C2\SC(=O)N(CCOc3cc(C)ccc3C)C2=O)cc1OC. The number of thioether (sulfide) groups is 1. The van der Waals surface area contributed by atoms with Gasteiger partial charge in [0.05, 0.1) is 18.6 Å². The Kier molecular flexibility index (Phi) is 7.27. The highest BCUT2D eigenvalue weighted by molar-refractivity contribution is 8.18. The minimum absolute atomic E-state index is 0.124. The zero-order valence-corrected chi connectivity index (χ0v) is 18.5. The van der Waals surface area contributed by atoms with Gasteiger partial charge in [0.25, 0.3) is 11.1 Å². The second kappa shape index (κ2) is 10.1. The summed E-state index contributed by atoms with van der Waals surface area (Å²) in [6.45, 7) is 4.46. The van der Waals surface area contributed by atoms with Gasteiger partial charge in [-0.1, -0.05) is 24.1 Å². The first-order valence-corrected chi connectivity index (χ1v) is 10.4. The summed E-state index contributed by atoms with van der Waals surface area (Å²) in [5, 5.41) is -0.318. The van der Waals surface area contributed by atoms with Crippen LogP contribution in [0.15, 0.2) is 41.3 Å². The van der Waals surface area contributed by atoms with E-state index in [0.29, 0.717) is 22.0 Å². The summed E-state index contributed by atoms with van der Waals surface area (Å²) >= 11 is 0.904. The molecule has 1 fully saturated rings. The van der Waals surface area contributed by atoms with Crippen molar-refractivity contribution in [2.24, 2.45) is 0 Å². The molecule has 1 heterocycles. The van der Waals surface area contributed by atoms with Gasteiger partial charge in [0.1, 0.15) is 19.0 Å². The largest absolute Gasteiger partial charge is 0.493 e. The number of ether oxygens (including phenoxy) is 3. The van der Waals surface area contributed by atoms with Gasteiger partial charge in [-0.3, -0.25) is 14.5 Å². The van der Waals surface area contributed by atoms with E-state index >= 15 is 0 Å². The second-order valence-corrected chi connectivity index (χ2v) is 7.85. The molecule has 160 valence electrons. The molecule has 0 bridgehead atoms. The van der Waals surface area contributed by atoms with E-state index < -0.39 is 0 Å². The molecule has 0 saturated carbocycles. The highest BCUT2D eigenvalue weighted by Gasteiger charge is 2.34. The Morgan fingerprint density at radius 2 is 1.87 bits per heavy atom. The van der Waals surface area contributed by atoms with Gasteiger partial charge in [-0.05, 0) is 66.6 Å². The number of aryl methyl sites for hydroxylation is 2. The quantitative estimate of drug-likeness (QED) is 0.449. The summed E-state index contributed by atoms with van der Waals surface area (Å²) in [5.74, 6) is 3.81. The Balaban J connectivity index is 1.67. The topological polar surface area (TPSA) is 65.1 Å². The number of nitrogens with zero attached hydrogens (tertiary/aromatic N) is 1. The number of methoxy groups -OCH3 is 1. The van der Waals surface area contributed by atoms with E-state index in [2.05, 4.69) is 5.92 Å². The number of imide groups is 1. The molecule has 6 nitrogen and oxygen atoms in total. The van der Waals surface area contributed by atoms with Crippen molar-refractivity contribution in [3.8, 4) is 29.6 Å². The van der Waals surface area contributed by atoms with Crippen LogP contribution in [-0.2, 0) is 4.79 Å². The number of carbonyl (C=O) groups is 2. The van der Waals surface area contributed by atoms with Gasteiger partial charge in [-0.15, -0.1) is 6.42 Å². The van der Waals surface area contributed by atoms with Crippen molar-refractivity contribution < 1.29 is 23.8 Å². The van der Waals surface area contributed by atoms with Gasteiger partial charge in [-0.2, -0.15) is 0 Å². The minimum Gasteiger partial charge on any atom is -0.493 e. The fraction of sp³-hybridized carbons (Fsp3) is 0.250. The molecule has 2 aromatic rings. The average molecular weight is 438 g/mol. The molecule has 0 N–H and O–H groups in total. The molecule has 3 rings (SSSR count). The normalized spacial score (nSPS) is 14.6. The predicted octanol–water partition coefficient (Wildman–Crippen LogP) is 4.44. The van der Waals surface area contributed by atoms with Crippen molar-refractivity contribution in [3.05, 3.63) is 58.0 Å². The van der Waals surface area contributed by atoms with E-state index in [9.17, 15) is 9.59 Å². The number of carbonyl (C=O) groups excluding carboxylic acids is 2. The number of hydrogen-bond acceptors (Lipinski definition) is 6. The molecule has 1 aliphatic heterocycles. The van der Waals surface area contributed by atoms with E-state index in [-0.39, 0.29) is 30.9 Å². The van der Waals surface area contributed by atoms with Crippen LogP contribution in [0.5, 0.6) is 17.2 Å². The molecule has 0 atom stereocenters. The zero-order chi connectivity index (χ0) is 22.4. The summed E-state index contributed by atoms with van der Waals surface area (Å²) in [4.78, 5) is 26.6. The Bertz CT molecular complexity index is 1070. The van der Waals surface area contributed by atoms with Gasteiger partial charge in [0.2, 0.25) is 0 Å². The molecule has 7 heteroatoms. The second-order valence-electron chi connectivity index (χ2n) is 6.85. The fourth-order valence-corrected chi connectivity index (χ4v) is 3.83. The van der Waals surface area contributed by atoms with E-state index in [1.807, 2.05) is 32.0 Å². The first-order valence-electron chi connectivity index (χ1n) is 9.62. The van der Waals surface area contributed by atoms with Crippen LogP contribution in [0.1, 0.15) is 16.7 Å². The van der Waals surface area contributed by atoms with Crippen molar-refractivity contribution >= 4 is 29.0 Å². The predicted molar refractivity (Wildman–Crippen MR) is 121 cm³/mol. The third-order valence-electron chi connectivity index (χ3n) is 4.59. The molecule has 0 aliphatic carbocycles. The van der Waals surface area contributed by atoms with E-state index in [1.165, 1.54) is 12.0 Å².